The van der Waals surface area contributed by atoms with Crippen LogP contribution in [0.5, 0.6) is 5.75 Å². The van der Waals surface area contributed by atoms with Crippen molar-refractivity contribution in [1.82, 2.24) is 15.0 Å². The molecule has 0 spiro atoms. The van der Waals surface area contributed by atoms with Gasteiger partial charge in [0.25, 0.3) is 0 Å². The first kappa shape index (κ1) is 16.4. The predicted molar refractivity (Wildman–Crippen MR) is 94.4 cm³/mol. The van der Waals surface area contributed by atoms with Crippen molar-refractivity contribution in [2.75, 3.05) is 24.8 Å². The lowest BCUT2D eigenvalue weighted by molar-refractivity contribution is 0.168. The number of nitrogens with two attached hydrogens (primary N) is 1. The van der Waals surface area contributed by atoms with Gasteiger partial charge in [0.15, 0.2) is 5.82 Å². The molecule has 3 rings (SSSR count). The van der Waals surface area contributed by atoms with E-state index < -0.39 is 6.09 Å². The summed E-state index contributed by atoms with van der Waals surface area (Å²) in [5.74, 6) is 1.15. The SMILES string of the molecule is CCOC(=O)Nc1cc2ncc(-c3cccc(OC)c3)nc2c(N)n1. The van der Waals surface area contributed by atoms with Crippen LogP contribution in [0.1, 0.15) is 6.92 Å². The van der Waals surface area contributed by atoms with Crippen molar-refractivity contribution < 1.29 is 14.3 Å². The van der Waals surface area contributed by atoms with Crippen LogP contribution in [0, 0.1) is 0 Å². The van der Waals surface area contributed by atoms with Crippen LogP contribution in [0.25, 0.3) is 22.3 Å². The number of amides is 1. The number of carbonyl (C=O) groups is 1. The molecule has 3 N–H and O–H groups in total. The summed E-state index contributed by atoms with van der Waals surface area (Å²) >= 11 is 0. The van der Waals surface area contributed by atoms with Crippen molar-refractivity contribution in [2.24, 2.45) is 0 Å². The monoisotopic (exact) mass is 339 g/mol. The Kier molecular flexibility index (Phi) is 4.60. The predicted octanol–water partition coefficient (Wildman–Crippen LogP) is 2.85. The number of methoxy groups -OCH3 is 1. The fourth-order valence-corrected chi connectivity index (χ4v) is 2.29. The third-order valence-corrected chi connectivity index (χ3v) is 3.43. The zero-order chi connectivity index (χ0) is 17.8. The highest BCUT2D eigenvalue weighted by Crippen LogP contribution is 2.25. The Bertz CT molecular complexity index is 929. The van der Waals surface area contributed by atoms with E-state index in [1.165, 1.54) is 0 Å². The van der Waals surface area contributed by atoms with E-state index in [0.717, 1.165) is 11.3 Å². The van der Waals surface area contributed by atoms with Gasteiger partial charge in [-0.25, -0.2) is 14.8 Å². The number of anilines is 2. The van der Waals surface area contributed by atoms with Crippen LogP contribution in [0.15, 0.2) is 36.5 Å². The summed E-state index contributed by atoms with van der Waals surface area (Å²) in [7, 11) is 1.60. The second kappa shape index (κ2) is 7.00. The molecule has 0 saturated carbocycles. The second-order valence-electron chi connectivity index (χ2n) is 5.09. The van der Waals surface area contributed by atoms with Crippen molar-refractivity contribution in [1.29, 1.82) is 0 Å². The highest BCUT2D eigenvalue weighted by Gasteiger charge is 2.11. The number of ether oxygens (including phenoxy) is 2. The maximum atomic E-state index is 11.5. The van der Waals surface area contributed by atoms with E-state index in [1.807, 2.05) is 24.3 Å². The van der Waals surface area contributed by atoms with Crippen molar-refractivity contribution in [3.05, 3.63) is 36.5 Å². The van der Waals surface area contributed by atoms with Gasteiger partial charge in [0.2, 0.25) is 0 Å². The molecule has 3 aromatic rings. The molecule has 0 fully saturated rings. The van der Waals surface area contributed by atoms with Gasteiger partial charge in [0.05, 0.1) is 31.1 Å². The number of hydrogen-bond acceptors (Lipinski definition) is 7. The van der Waals surface area contributed by atoms with E-state index in [0.29, 0.717) is 16.7 Å². The van der Waals surface area contributed by atoms with Gasteiger partial charge in [0, 0.05) is 11.6 Å². The molecule has 0 aliphatic rings. The van der Waals surface area contributed by atoms with Crippen LogP contribution in [0.4, 0.5) is 16.4 Å². The third-order valence-electron chi connectivity index (χ3n) is 3.43. The molecule has 0 radical (unpaired) electrons. The highest BCUT2D eigenvalue weighted by molar-refractivity contribution is 5.91. The summed E-state index contributed by atoms with van der Waals surface area (Å²) in [6.45, 7) is 1.98. The fourth-order valence-electron chi connectivity index (χ4n) is 2.29. The number of nitrogen functional groups attached to an aromatic ring is 1. The minimum atomic E-state index is -0.602. The molecule has 0 aliphatic heterocycles. The van der Waals surface area contributed by atoms with Crippen molar-refractivity contribution in [2.45, 2.75) is 6.92 Å². The van der Waals surface area contributed by atoms with Crippen LogP contribution < -0.4 is 15.8 Å². The van der Waals surface area contributed by atoms with E-state index in [2.05, 4.69) is 20.3 Å². The summed E-state index contributed by atoms with van der Waals surface area (Å²) in [5, 5.41) is 2.50. The molecule has 8 heteroatoms. The highest BCUT2D eigenvalue weighted by atomic mass is 16.5. The van der Waals surface area contributed by atoms with E-state index in [9.17, 15) is 4.79 Å². The number of carbonyl (C=O) groups excluding carboxylic acids is 1. The first-order valence-corrected chi connectivity index (χ1v) is 7.62. The fraction of sp³-hybridized carbons (Fsp3) is 0.176. The lowest BCUT2D eigenvalue weighted by Gasteiger charge is -2.09. The van der Waals surface area contributed by atoms with E-state index in [4.69, 9.17) is 15.2 Å². The van der Waals surface area contributed by atoms with Gasteiger partial charge < -0.3 is 15.2 Å². The maximum absolute atomic E-state index is 11.5. The van der Waals surface area contributed by atoms with Crippen LogP contribution in [-0.2, 0) is 4.74 Å². The van der Waals surface area contributed by atoms with Gasteiger partial charge in [-0.05, 0) is 19.1 Å². The minimum absolute atomic E-state index is 0.168. The number of rotatable bonds is 4. The van der Waals surface area contributed by atoms with Gasteiger partial charge in [-0.3, -0.25) is 10.3 Å². The van der Waals surface area contributed by atoms with Crippen LogP contribution in [0.3, 0.4) is 0 Å². The van der Waals surface area contributed by atoms with Crippen LogP contribution in [-0.4, -0.2) is 34.8 Å². The molecule has 0 bridgehead atoms. The number of nitrogens with zero attached hydrogens (tertiary/aromatic N) is 3. The molecule has 0 unspecified atom stereocenters. The number of hydrogen-bond donors (Lipinski definition) is 2. The summed E-state index contributed by atoms with van der Waals surface area (Å²) in [6.07, 6.45) is 1.03. The summed E-state index contributed by atoms with van der Waals surface area (Å²) in [4.78, 5) is 24.5. The van der Waals surface area contributed by atoms with Crippen LogP contribution >= 0.6 is 0 Å². The lowest BCUT2D eigenvalue weighted by atomic mass is 10.1. The summed E-state index contributed by atoms with van der Waals surface area (Å²) in [5.41, 5.74) is 8.45. The normalized spacial score (nSPS) is 10.5. The maximum Gasteiger partial charge on any atom is 0.412 e. The quantitative estimate of drug-likeness (QED) is 0.751. The molecular formula is C17H17N5O3. The van der Waals surface area contributed by atoms with Crippen molar-refractivity contribution >= 4 is 28.8 Å². The Balaban J connectivity index is 1.98. The molecule has 1 amide bonds. The number of nitrogens with one attached hydrogen (secondary N) is 1. The van der Waals surface area contributed by atoms with Gasteiger partial charge in [-0.15, -0.1) is 0 Å². The first-order chi connectivity index (χ1) is 12.1. The number of aromatic nitrogens is 3. The first-order valence-electron chi connectivity index (χ1n) is 7.62. The second-order valence-corrected chi connectivity index (χ2v) is 5.09. The molecule has 0 atom stereocenters. The molecular weight excluding hydrogens is 322 g/mol. The number of benzene rings is 1. The Morgan fingerprint density at radius 3 is 2.88 bits per heavy atom. The number of pyridine rings is 1. The molecule has 1 aromatic carbocycles. The third kappa shape index (κ3) is 3.57. The smallest absolute Gasteiger partial charge is 0.412 e. The van der Waals surface area contributed by atoms with Crippen molar-refractivity contribution in [3.8, 4) is 17.0 Å². The standard InChI is InChI=1S/C17H17N5O3/c1-3-25-17(23)22-14-8-12-15(16(18)21-14)20-13(9-19-12)10-5-4-6-11(7-10)24-2/h4-9H,3H2,1-2H3,(H3,18,21,22,23). The molecule has 0 saturated heterocycles. The van der Waals surface area contributed by atoms with Crippen LogP contribution in [0.2, 0.25) is 0 Å². The van der Waals surface area contributed by atoms with E-state index in [-0.39, 0.29) is 18.2 Å². The summed E-state index contributed by atoms with van der Waals surface area (Å²) < 4.78 is 10.0. The Morgan fingerprint density at radius 1 is 1.28 bits per heavy atom. The van der Waals surface area contributed by atoms with Gasteiger partial charge in [0.1, 0.15) is 17.1 Å². The molecule has 25 heavy (non-hydrogen) atoms. The zero-order valence-electron chi connectivity index (χ0n) is 13.8. The largest absolute Gasteiger partial charge is 0.497 e. The lowest BCUT2D eigenvalue weighted by Crippen LogP contribution is -2.15. The Hall–Kier alpha value is -3.42. The summed E-state index contributed by atoms with van der Waals surface area (Å²) in [6, 6.07) is 9.06. The zero-order valence-corrected chi connectivity index (χ0v) is 13.8. The Labute approximate surface area is 144 Å². The average molecular weight is 339 g/mol. The molecule has 8 nitrogen and oxygen atoms in total. The molecule has 0 aliphatic carbocycles. The van der Waals surface area contributed by atoms with E-state index in [1.54, 1.807) is 26.3 Å². The van der Waals surface area contributed by atoms with Gasteiger partial charge in [-0.2, -0.15) is 0 Å². The molecule has 2 heterocycles. The molecule has 128 valence electrons. The van der Waals surface area contributed by atoms with Gasteiger partial charge in [-0.1, -0.05) is 12.1 Å². The number of fused-ring (bicyclic) bond motifs is 1. The van der Waals surface area contributed by atoms with Crippen molar-refractivity contribution in [3.63, 3.8) is 0 Å². The topological polar surface area (TPSA) is 112 Å². The Morgan fingerprint density at radius 2 is 2.12 bits per heavy atom. The molecule has 2 aromatic heterocycles. The average Bonchev–Trinajstić information content (AvgIpc) is 2.61. The van der Waals surface area contributed by atoms with E-state index >= 15 is 0 Å². The van der Waals surface area contributed by atoms with Gasteiger partial charge >= 0.3 is 6.09 Å². The minimum Gasteiger partial charge on any atom is -0.497 e.